The predicted octanol–water partition coefficient (Wildman–Crippen LogP) is 3.98. The third kappa shape index (κ3) is 1.86. The molecular formula is C11H15BrN2S. The topological polar surface area (TPSA) is 25.8 Å². The quantitative estimate of drug-likeness (QED) is 0.840. The highest BCUT2D eigenvalue weighted by atomic mass is 79.9. The molecule has 1 aromatic rings. The van der Waals surface area contributed by atoms with Gasteiger partial charge in [-0.25, -0.2) is 0 Å². The van der Waals surface area contributed by atoms with Gasteiger partial charge in [0.05, 0.1) is 0 Å². The Hall–Kier alpha value is 0.0400. The Bertz CT molecular complexity index is 330. The monoisotopic (exact) mass is 286 g/mol. The van der Waals surface area contributed by atoms with E-state index in [2.05, 4.69) is 26.1 Å². The van der Waals surface area contributed by atoms with Crippen LogP contribution in [-0.2, 0) is 0 Å². The van der Waals surface area contributed by atoms with Crippen molar-refractivity contribution in [1.82, 2.24) is 10.2 Å². The van der Waals surface area contributed by atoms with Crippen molar-refractivity contribution in [1.29, 1.82) is 0 Å². The third-order valence-electron chi connectivity index (χ3n) is 4.02. The van der Waals surface area contributed by atoms with Gasteiger partial charge >= 0.3 is 0 Å². The van der Waals surface area contributed by atoms with Crippen LogP contribution in [0.1, 0.15) is 49.5 Å². The Kier molecular flexibility index (Phi) is 2.81. The van der Waals surface area contributed by atoms with E-state index in [4.69, 9.17) is 0 Å². The summed E-state index contributed by atoms with van der Waals surface area (Å²) in [4.78, 5) is 0. The van der Waals surface area contributed by atoms with E-state index >= 15 is 0 Å². The Balaban J connectivity index is 1.81. The van der Waals surface area contributed by atoms with Gasteiger partial charge in [0.2, 0.25) is 0 Å². The summed E-state index contributed by atoms with van der Waals surface area (Å²) < 4.78 is 0.946. The normalized spacial score (nSPS) is 22.8. The first-order valence-electron chi connectivity index (χ1n) is 5.83. The second-order valence-electron chi connectivity index (χ2n) is 4.80. The van der Waals surface area contributed by atoms with Crippen LogP contribution in [0.4, 0.5) is 0 Å². The van der Waals surface area contributed by atoms with Gasteiger partial charge in [0.25, 0.3) is 0 Å². The minimum atomic E-state index is 0.733. The minimum absolute atomic E-state index is 0.733. The number of hydrogen-bond acceptors (Lipinski definition) is 3. The van der Waals surface area contributed by atoms with Crippen molar-refractivity contribution in [2.24, 2.45) is 11.8 Å². The van der Waals surface area contributed by atoms with Gasteiger partial charge in [0.1, 0.15) is 5.01 Å². The van der Waals surface area contributed by atoms with Crippen LogP contribution in [0.3, 0.4) is 0 Å². The van der Waals surface area contributed by atoms with E-state index in [9.17, 15) is 0 Å². The number of nitrogens with zero attached hydrogens (tertiary/aromatic N) is 2. The molecule has 82 valence electrons. The van der Waals surface area contributed by atoms with Gasteiger partial charge < -0.3 is 0 Å². The smallest absolute Gasteiger partial charge is 0.142 e. The lowest BCUT2D eigenvalue weighted by Crippen LogP contribution is -2.30. The molecule has 2 fully saturated rings. The number of hydrogen-bond donors (Lipinski definition) is 0. The predicted molar refractivity (Wildman–Crippen MR) is 65.0 cm³/mol. The Labute approximate surface area is 103 Å². The van der Waals surface area contributed by atoms with Gasteiger partial charge in [-0.05, 0) is 53.4 Å². The Morgan fingerprint density at radius 2 is 1.67 bits per heavy atom. The van der Waals surface area contributed by atoms with E-state index in [1.807, 2.05) is 0 Å². The Morgan fingerprint density at radius 1 is 1.07 bits per heavy atom. The second kappa shape index (κ2) is 4.13. The average Bonchev–Trinajstić information content (AvgIpc) is 2.44. The van der Waals surface area contributed by atoms with Gasteiger partial charge in [-0.3, -0.25) is 0 Å². The highest BCUT2D eigenvalue weighted by Gasteiger charge is 2.38. The summed E-state index contributed by atoms with van der Waals surface area (Å²) >= 11 is 5.17. The van der Waals surface area contributed by atoms with Crippen LogP contribution in [0.15, 0.2) is 3.92 Å². The fourth-order valence-electron chi connectivity index (χ4n) is 2.74. The number of halogens is 1. The molecule has 2 aliphatic rings. The molecule has 0 aliphatic heterocycles. The molecule has 0 saturated heterocycles. The lowest BCUT2D eigenvalue weighted by molar-refractivity contribution is 0.149. The summed E-state index contributed by atoms with van der Waals surface area (Å²) in [6.45, 7) is 0. The molecular weight excluding hydrogens is 272 g/mol. The molecule has 0 amide bonds. The van der Waals surface area contributed by atoms with E-state index < -0.39 is 0 Å². The fraction of sp³-hybridized carbons (Fsp3) is 0.818. The van der Waals surface area contributed by atoms with Gasteiger partial charge in [-0.2, -0.15) is 0 Å². The highest BCUT2D eigenvalue weighted by molar-refractivity contribution is 9.11. The molecule has 0 radical (unpaired) electrons. The Morgan fingerprint density at radius 3 is 2.00 bits per heavy atom. The summed E-state index contributed by atoms with van der Waals surface area (Å²) in [5.41, 5.74) is 0. The molecule has 0 atom stereocenters. The van der Waals surface area contributed by atoms with Gasteiger partial charge in [0, 0.05) is 5.92 Å². The first-order valence-corrected chi connectivity index (χ1v) is 7.44. The van der Waals surface area contributed by atoms with Crippen LogP contribution in [0.2, 0.25) is 0 Å². The lowest BCUT2D eigenvalue weighted by atomic mass is 9.65. The zero-order valence-corrected chi connectivity index (χ0v) is 11.1. The largest absolute Gasteiger partial charge is 0.183 e. The summed E-state index contributed by atoms with van der Waals surface area (Å²) in [6.07, 6.45) is 8.51. The van der Waals surface area contributed by atoms with Crippen molar-refractivity contribution in [3.8, 4) is 0 Å². The van der Waals surface area contributed by atoms with E-state index in [0.717, 1.165) is 21.7 Å². The SMILES string of the molecule is Brc1nnc(C(C2CCC2)C2CCC2)s1. The second-order valence-corrected chi connectivity index (χ2v) is 7.09. The molecule has 15 heavy (non-hydrogen) atoms. The first-order chi connectivity index (χ1) is 7.34. The molecule has 2 nitrogen and oxygen atoms in total. The van der Waals surface area contributed by atoms with Crippen LogP contribution in [-0.4, -0.2) is 10.2 Å². The van der Waals surface area contributed by atoms with Crippen molar-refractivity contribution < 1.29 is 0 Å². The van der Waals surface area contributed by atoms with Gasteiger partial charge in [-0.15, -0.1) is 10.2 Å². The molecule has 1 heterocycles. The van der Waals surface area contributed by atoms with E-state index in [1.165, 1.54) is 43.5 Å². The van der Waals surface area contributed by atoms with Crippen LogP contribution >= 0.6 is 27.3 Å². The molecule has 3 rings (SSSR count). The third-order valence-corrected chi connectivity index (χ3v) is 5.47. The maximum Gasteiger partial charge on any atom is 0.183 e. The summed E-state index contributed by atoms with van der Waals surface area (Å²) in [6, 6.07) is 0. The molecule has 2 saturated carbocycles. The van der Waals surface area contributed by atoms with Crippen LogP contribution in [0.5, 0.6) is 0 Å². The molecule has 0 spiro atoms. The van der Waals surface area contributed by atoms with Crippen LogP contribution in [0.25, 0.3) is 0 Å². The maximum atomic E-state index is 4.34. The maximum absolute atomic E-state index is 4.34. The molecule has 2 aliphatic carbocycles. The van der Waals surface area contributed by atoms with E-state index in [1.54, 1.807) is 11.3 Å². The lowest BCUT2D eigenvalue weighted by Gasteiger charge is -2.41. The number of aromatic nitrogens is 2. The molecule has 0 unspecified atom stereocenters. The first kappa shape index (κ1) is 10.2. The zero-order valence-electron chi connectivity index (χ0n) is 8.66. The number of rotatable bonds is 3. The van der Waals surface area contributed by atoms with E-state index in [0.29, 0.717) is 0 Å². The highest BCUT2D eigenvalue weighted by Crippen LogP contribution is 2.50. The molecule has 0 N–H and O–H groups in total. The molecule has 0 aromatic carbocycles. The average molecular weight is 287 g/mol. The summed E-state index contributed by atoms with van der Waals surface area (Å²) in [5.74, 6) is 2.56. The van der Waals surface area contributed by atoms with Crippen molar-refractivity contribution in [2.75, 3.05) is 0 Å². The van der Waals surface area contributed by atoms with Gasteiger partial charge in [0.15, 0.2) is 3.92 Å². The standard InChI is InChI=1S/C11H15BrN2S/c12-11-14-13-10(15-11)9(7-3-1-4-7)8-5-2-6-8/h7-9H,1-6H2. The summed E-state index contributed by atoms with van der Waals surface area (Å²) in [5, 5.41) is 9.74. The van der Waals surface area contributed by atoms with Crippen molar-refractivity contribution in [3.63, 3.8) is 0 Å². The molecule has 1 aromatic heterocycles. The summed E-state index contributed by atoms with van der Waals surface area (Å²) in [7, 11) is 0. The molecule has 0 bridgehead atoms. The van der Waals surface area contributed by atoms with Crippen LogP contribution < -0.4 is 0 Å². The van der Waals surface area contributed by atoms with E-state index in [-0.39, 0.29) is 0 Å². The minimum Gasteiger partial charge on any atom is -0.142 e. The van der Waals surface area contributed by atoms with Crippen molar-refractivity contribution in [3.05, 3.63) is 8.92 Å². The fourth-order valence-corrected chi connectivity index (χ4v) is 4.17. The van der Waals surface area contributed by atoms with Crippen molar-refractivity contribution >= 4 is 27.3 Å². The van der Waals surface area contributed by atoms with Crippen LogP contribution in [0, 0.1) is 11.8 Å². The molecule has 4 heteroatoms. The zero-order chi connectivity index (χ0) is 10.3. The van der Waals surface area contributed by atoms with Crippen molar-refractivity contribution in [2.45, 2.75) is 44.4 Å². The van der Waals surface area contributed by atoms with Gasteiger partial charge in [-0.1, -0.05) is 24.2 Å².